The van der Waals surface area contributed by atoms with Crippen molar-refractivity contribution in [2.75, 3.05) is 0 Å². The third-order valence-electron chi connectivity index (χ3n) is 3.20. The summed E-state index contributed by atoms with van der Waals surface area (Å²) >= 11 is 0. The summed E-state index contributed by atoms with van der Waals surface area (Å²) in [6.45, 7) is 7.46. The molecule has 0 rings (SSSR count). The van der Waals surface area contributed by atoms with Gasteiger partial charge in [0.1, 0.15) is 6.23 Å². The van der Waals surface area contributed by atoms with E-state index in [0.717, 1.165) is 6.42 Å². The Balaban J connectivity index is 4.65. The predicted octanol–water partition coefficient (Wildman–Crippen LogP) is 0.995. The van der Waals surface area contributed by atoms with Crippen LogP contribution in [0, 0.1) is 0 Å². The van der Waals surface area contributed by atoms with Gasteiger partial charge in [-0.1, -0.05) is 27.2 Å². The monoisotopic (exact) mass is 233 g/mol. The zero-order valence-electron chi connectivity index (χ0n) is 10.9. The second kappa shape index (κ2) is 7.22. The summed E-state index contributed by atoms with van der Waals surface area (Å²) in [5.74, 6) is 0. The molecule has 3 unspecified atom stereocenters. The first-order valence-corrected chi connectivity index (χ1v) is 6.24. The Morgan fingerprint density at radius 1 is 1.00 bits per heavy atom. The molecule has 4 nitrogen and oxygen atoms in total. The lowest BCUT2D eigenvalue weighted by atomic mass is 9.85. The van der Waals surface area contributed by atoms with E-state index in [4.69, 9.17) is 0 Å². The van der Waals surface area contributed by atoms with Gasteiger partial charge < -0.3 is 15.3 Å². The van der Waals surface area contributed by atoms with Crippen LogP contribution < -0.4 is 5.32 Å². The number of hydrogen-bond donors (Lipinski definition) is 4. The van der Waals surface area contributed by atoms with Crippen molar-refractivity contribution in [1.82, 2.24) is 5.32 Å². The van der Waals surface area contributed by atoms with E-state index in [0.29, 0.717) is 19.3 Å². The van der Waals surface area contributed by atoms with E-state index in [9.17, 15) is 15.3 Å². The van der Waals surface area contributed by atoms with Crippen LogP contribution in [0.1, 0.15) is 53.4 Å². The Bertz CT molecular complexity index is 177. The van der Waals surface area contributed by atoms with E-state index in [2.05, 4.69) is 5.32 Å². The number of hydrogen-bond acceptors (Lipinski definition) is 4. The van der Waals surface area contributed by atoms with Crippen molar-refractivity contribution in [3.63, 3.8) is 0 Å². The highest BCUT2D eigenvalue weighted by Crippen LogP contribution is 2.21. The van der Waals surface area contributed by atoms with E-state index in [-0.39, 0.29) is 0 Å². The largest absolute Gasteiger partial charge is 0.391 e. The van der Waals surface area contributed by atoms with Crippen LogP contribution in [-0.2, 0) is 0 Å². The first kappa shape index (κ1) is 15.8. The van der Waals surface area contributed by atoms with Crippen LogP contribution >= 0.6 is 0 Å². The Morgan fingerprint density at radius 2 is 1.44 bits per heavy atom. The molecule has 0 aliphatic heterocycles. The van der Waals surface area contributed by atoms with Crippen LogP contribution in [-0.4, -0.2) is 39.3 Å². The summed E-state index contributed by atoms with van der Waals surface area (Å²) in [5.41, 5.74) is -0.849. The zero-order chi connectivity index (χ0) is 12.8. The SMILES string of the molecule is CCCC(O)NC(C)(C(O)CC)C(O)CC. The van der Waals surface area contributed by atoms with Gasteiger partial charge in [-0.15, -0.1) is 0 Å². The fraction of sp³-hybridized carbons (Fsp3) is 1.00. The van der Waals surface area contributed by atoms with Crippen LogP contribution in [0.3, 0.4) is 0 Å². The number of rotatable bonds is 8. The average molecular weight is 233 g/mol. The molecule has 0 fully saturated rings. The third-order valence-corrected chi connectivity index (χ3v) is 3.20. The van der Waals surface area contributed by atoms with E-state index in [1.807, 2.05) is 20.8 Å². The van der Waals surface area contributed by atoms with Gasteiger partial charge in [-0.25, -0.2) is 0 Å². The minimum Gasteiger partial charge on any atom is -0.391 e. The molecular formula is C12H27NO3. The fourth-order valence-electron chi connectivity index (χ4n) is 1.97. The van der Waals surface area contributed by atoms with Gasteiger partial charge >= 0.3 is 0 Å². The Hall–Kier alpha value is -0.160. The van der Waals surface area contributed by atoms with Crippen molar-refractivity contribution in [1.29, 1.82) is 0 Å². The summed E-state index contributed by atoms with van der Waals surface area (Å²) in [7, 11) is 0. The molecule has 0 heterocycles. The lowest BCUT2D eigenvalue weighted by Crippen LogP contribution is -2.62. The van der Waals surface area contributed by atoms with Crippen molar-refractivity contribution in [3.05, 3.63) is 0 Å². The normalized spacial score (nSPS) is 21.2. The maximum absolute atomic E-state index is 9.96. The minimum atomic E-state index is -0.849. The zero-order valence-corrected chi connectivity index (χ0v) is 10.9. The van der Waals surface area contributed by atoms with Crippen molar-refractivity contribution in [2.45, 2.75) is 77.4 Å². The quantitative estimate of drug-likeness (QED) is 0.472. The number of aliphatic hydroxyl groups excluding tert-OH is 3. The summed E-state index contributed by atoms with van der Waals surface area (Å²) in [5, 5.41) is 32.6. The molecule has 4 N–H and O–H groups in total. The van der Waals surface area contributed by atoms with Gasteiger partial charge in [0.2, 0.25) is 0 Å². The molecule has 0 aliphatic carbocycles. The van der Waals surface area contributed by atoms with E-state index in [1.165, 1.54) is 0 Å². The maximum atomic E-state index is 9.96. The highest BCUT2D eigenvalue weighted by molar-refractivity contribution is 4.96. The summed E-state index contributed by atoms with van der Waals surface area (Å²) in [6, 6.07) is 0. The first-order valence-electron chi connectivity index (χ1n) is 6.24. The van der Waals surface area contributed by atoms with Crippen molar-refractivity contribution in [3.8, 4) is 0 Å². The van der Waals surface area contributed by atoms with Gasteiger partial charge in [0.05, 0.1) is 17.7 Å². The van der Waals surface area contributed by atoms with Gasteiger partial charge in [0.25, 0.3) is 0 Å². The van der Waals surface area contributed by atoms with E-state index in [1.54, 1.807) is 6.92 Å². The average Bonchev–Trinajstić information content (AvgIpc) is 2.26. The lowest BCUT2D eigenvalue weighted by Gasteiger charge is -2.40. The van der Waals surface area contributed by atoms with Crippen LogP contribution in [0.25, 0.3) is 0 Å². The minimum absolute atomic E-state index is 0.541. The highest BCUT2D eigenvalue weighted by atomic mass is 16.3. The molecule has 16 heavy (non-hydrogen) atoms. The topological polar surface area (TPSA) is 72.7 Å². The second-order valence-electron chi connectivity index (χ2n) is 4.58. The van der Waals surface area contributed by atoms with Gasteiger partial charge in [-0.3, -0.25) is 5.32 Å². The molecule has 0 aromatic heterocycles. The molecule has 0 aromatic rings. The third kappa shape index (κ3) is 4.01. The Kier molecular flexibility index (Phi) is 7.15. The number of aliphatic hydroxyl groups is 3. The van der Waals surface area contributed by atoms with E-state index < -0.39 is 24.0 Å². The van der Waals surface area contributed by atoms with Gasteiger partial charge in [-0.2, -0.15) is 0 Å². The predicted molar refractivity (Wildman–Crippen MR) is 65.1 cm³/mol. The molecule has 0 aromatic carbocycles. The molecular weight excluding hydrogens is 206 g/mol. The molecule has 0 saturated heterocycles. The first-order chi connectivity index (χ1) is 7.42. The Labute approximate surface area is 98.7 Å². The standard InChI is InChI=1S/C12H27NO3/c1-5-8-11(16)13-12(4,9(14)6-2)10(15)7-3/h9-11,13-16H,5-8H2,1-4H3. The lowest BCUT2D eigenvalue weighted by molar-refractivity contribution is -0.0569. The van der Waals surface area contributed by atoms with Crippen molar-refractivity contribution in [2.24, 2.45) is 0 Å². The molecule has 0 amide bonds. The smallest absolute Gasteiger partial charge is 0.105 e. The highest BCUT2D eigenvalue weighted by Gasteiger charge is 2.39. The number of nitrogens with one attached hydrogen (secondary N) is 1. The second-order valence-corrected chi connectivity index (χ2v) is 4.58. The molecule has 0 aliphatic rings. The summed E-state index contributed by atoms with van der Waals surface area (Å²) in [6.07, 6.45) is 0.524. The fourth-order valence-corrected chi connectivity index (χ4v) is 1.97. The van der Waals surface area contributed by atoms with Crippen LogP contribution in [0.4, 0.5) is 0 Å². The van der Waals surface area contributed by atoms with Crippen molar-refractivity contribution < 1.29 is 15.3 Å². The molecule has 0 bridgehead atoms. The maximum Gasteiger partial charge on any atom is 0.105 e. The summed E-state index contributed by atoms with van der Waals surface area (Å²) in [4.78, 5) is 0. The van der Waals surface area contributed by atoms with E-state index >= 15 is 0 Å². The molecule has 0 saturated carbocycles. The Morgan fingerprint density at radius 3 is 1.75 bits per heavy atom. The van der Waals surface area contributed by atoms with Gasteiger partial charge in [0.15, 0.2) is 0 Å². The van der Waals surface area contributed by atoms with Gasteiger partial charge in [-0.05, 0) is 26.2 Å². The molecule has 0 radical (unpaired) electrons. The van der Waals surface area contributed by atoms with Crippen LogP contribution in [0.15, 0.2) is 0 Å². The van der Waals surface area contributed by atoms with Crippen LogP contribution in [0.2, 0.25) is 0 Å². The molecule has 3 atom stereocenters. The van der Waals surface area contributed by atoms with Gasteiger partial charge in [0, 0.05) is 0 Å². The molecule has 98 valence electrons. The van der Waals surface area contributed by atoms with Crippen LogP contribution in [0.5, 0.6) is 0 Å². The molecule has 0 spiro atoms. The molecule has 4 heteroatoms. The summed E-state index contributed by atoms with van der Waals surface area (Å²) < 4.78 is 0. The van der Waals surface area contributed by atoms with Crippen molar-refractivity contribution >= 4 is 0 Å².